The first-order valence-electron chi connectivity index (χ1n) is 5.53. The third kappa shape index (κ3) is 2.86. The van der Waals surface area contributed by atoms with Crippen LogP contribution in [-0.4, -0.2) is 12.1 Å². The van der Waals surface area contributed by atoms with Crippen LogP contribution in [0.3, 0.4) is 0 Å². The number of hydrogen-bond donors (Lipinski definition) is 2. The van der Waals surface area contributed by atoms with Crippen LogP contribution in [0.2, 0.25) is 5.02 Å². The zero-order valence-corrected chi connectivity index (χ0v) is 9.50. The van der Waals surface area contributed by atoms with Crippen molar-refractivity contribution in [1.82, 2.24) is 0 Å². The van der Waals surface area contributed by atoms with Crippen LogP contribution in [0, 0.1) is 0 Å². The summed E-state index contributed by atoms with van der Waals surface area (Å²) in [5.41, 5.74) is 7.18. The van der Waals surface area contributed by atoms with E-state index in [-0.39, 0.29) is 6.04 Å². The third-order valence-electron chi connectivity index (χ3n) is 3.02. The van der Waals surface area contributed by atoms with Crippen molar-refractivity contribution >= 4 is 17.3 Å². The monoisotopic (exact) mass is 224 g/mol. The van der Waals surface area contributed by atoms with Gasteiger partial charge < -0.3 is 11.1 Å². The standard InChI is InChI=1S/C12H17ClN2/c13-9-5-7-10(8-6-9)15-12-4-2-1-3-11(12)14/h5-8,11-12,15H,1-4,14H2. The zero-order valence-electron chi connectivity index (χ0n) is 8.75. The Morgan fingerprint density at radius 3 is 2.47 bits per heavy atom. The second-order valence-corrected chi connectivity index (χ2v) is 4.64. The predicted molar refractivity (Wildman–Crippen MR) is 65.3 cm³/mol. The first-order valence-corrected chi connectivity index (χ1v) is 5.91. The average Bonchev–Trinajstić information content (AvgIpc) is 2.25. The summed E-state index contributed by atoms with van der Waals surface area (Å²) in [4.78, 5) is 0. The third-order valence-corrected chi connectivity index (χ3v) is 3.27. The molecule has 2 unspecified atom stereocenters. The van der Waals surface area contributed by atoms with E-state index in [1.807, 2.05) is 24.3 Å². The van der Waals surface area contributed by atoms with Crippen molar-refractivity contribution in [3.8, 4) is 0 Å². The summed E-state index contributed by atoms with van der Waals surface area (Å²) in [7, 11) is 0. The van der Waals surface area contributed by atoms with Crippen molar-refractivity contribution in [2.24, 2.45) is 5.73 Å². The van der Waals surface area contributed by atoms with Crippen LogP contribution in [0.15, 0.2) is 24.3 Å². The molecule has 1 fully saturated rings. The van der Waals surface area contributed by atoms with Crippen molar-refractivity contribution in [2.75, 3.05) is 5.32 Å². The fourth-order valence-electron chi connectivity index (χ4n) is 2.10. The van der Waals surface area contributed by atoms with E-state index < -0.39 is 0 Å². The molecule has 1 aliphatic rings. The summed E-state index contributed by atoms with van der Waals surface area (Å²) < 4.78 is 0. The second-order valence-electron chi connectivity index (χ2n) is 4.21. The van der Waals surface area contributed by atoms with Crippen LogP contribution < -0.4 is 11.1 Å². The molecule has 1 aliphatic carbocycles. The summed E-state index contributed by atoms with van der Waals surface area (Å²) in [5.74, 6) is 0. The van der Waals surface area contributed by atoms with Crippen molar-refractivity contribution in [2.45, 2.75) is 37.8 Å². The van der Waals surface area contributed by atoms with Gasteiger partial charge >= 0.3 is 0 Å². The lowest BCUT2D eigenvalue weighted by Gasteiger charge is -2.30. The Labute approximate surface area is 95.8 Å². The maximum Gasteiger partial charge on any atom is 0.0412 e. The smallest absolute Gasteiger partial charge is 0.0412 e. The predicted octanol–water partition coefficient (Wildman–Crippen LogP) is 3.02. The van der Waals surface area contributed by atoms with E-state index in [0.717, 1.165) is 17.1 Å². The van der Waals surface area contributed by atoms with E-state index in [0.29, 0.717) is 6.04 Å². The average molecular weight is 225 g/mol. The number of halogens is 1. The summed E-state index contributed by atoms with van der Waals surface area (Å²) in [5, 5.41) is 4.25. The van der Waals surface area contributed by atoms with Gasteiger partial charge in [0.25, 0.3) is 0 Å². The quantitative estimate of drug-likeness (QED) is 0.811. The van der Waals surface area contributed by atoms with E-state index in [1.165, 1.54) is 19.3 Å². The van der Waals surface area contributed by atoms with Gasteiger partial charge in [0.05, 0.1) is 0 Å². The molecule has 15 heavy (non-hydrogen) atoms. The van der Waals surface area contributed by atoms with Gasteiger partial charge in [0.2, 0.25) is 0 Å². The SMILES string of the molecule is NC1CCCCC1Nc1ccc(Cl)cc1. The molecule has 0 bridgehead atoms. The maximum atomic E-state index is 6.07. The Morgan fingerprint density at radius 1 is 1.13 bits per heavy atom. The first-order chi connectivity index (χ1) is 7.25. The van der Waals surface area contributed by atoms with E-state index in [1.54, 1.807) is 0 Å². The fourth-order valence-corrected chi connectivity index (χ4v) is 2.22. The molecular weight excluding hydrogens is 208 g/mol. The highest BCUT2D eigenvalue weighted by Gasteiger charge is 2.21. The molecule has 0 aliphatic heterocycles. The molecule has 3 N–H and O–H groups in total. The first kappa shape index (κ1) is 10.8. The van der Waals surface area contributed by atoms with Gasteiger partial charge in [0.15, 0.2) is 0 Å². The number of anilines is 1. The normalized spacial score (nSPS) is 26.3. The highest BCUT2D eigenvalue weighted by molar-refractivity contribution is 6.30. The molecule has 0 spiro atoms. The molecule has 2 nitrogen and oxygen atoms in total. The second kappa shape index (κ2) is 4.86. The Morgan fingerprint density at radius 2 is 1.80 bits per heavy atom. The Hall–Kier alpha value is -0.730. The van der Waals surface area contributed by atoms with Crippen LogP contribution in [-0.2, 0) is 0 Å². The Bertz CT molecular complexity index is 310. The zero-order chi connectivity index (χ0) is 10.7. The van der Waals surface area contributed by atoms with Gasteiger partial charge in [-0.1, -0.05) is 24.4 Å². The molecule has 2 atom stereocenters. The molecule has 0 heterocycles. The van der Waals surface area contributed by atoms with Crippen molar-refractivity contribution in [1.29, 1.82) is 0 Å². The molecule has 0 radical (unpaired) electrons. The number of nitrogens with two attached hydrogens (primary N) is 1. The molecule has 0 amide bonds. The number of nitrogens with one attached hydrogen (secondary N) is 1. The molecule has 1 aromatic rings. The molecular formula is C12H17ClN2. The van der Waals surface area contributed by atoms with E-state index >= 15 is 0 Å². The maximum absolute atomic E-state index is 6.07. The van der Waals surface area contributed by atoms with Crippen LogP contribution in [0.1, 0.15) is 25.7 Å². The highest BCUT2D eigenvalue weighted by atomic mass is 35.5. The van der Waals surface area contributed by atoms with Gasteiger partial charge in [-0.2, -0.15) is 0 Å². The molecule has 82 valence electrons. The number of benzene rings is 1. The lowest BCUT2D eigenvalue weighted by Crippen LogP contribution is -2.42. The Balaban J connectivity index is 1.98. The molecule has 2 rings (SSSR count). The molecule has 1 aromatic carbocycles. The van der Waals surface area contributed by atoms with Crippen LogP contribution in [0.5, 0.6) is 0 Å². The van der Waals surface area contributed by atoms with Crippen LogP contribution >= 0.6 is 11.6 Å². The van der Waals surface area contributed by atoms with Crippen LogP contribution in [0.4, 0.5) is 5.69 Å². The van der Waals surface area contributed by atoms with E-state index in [9.17, 15) is 0 Å². The summed E-state index contributed by atoms with van der Waals surface area (Å²) in [6.07, 6.45) is 4.84. The summed E-state index contributed by atoms with van der Waals surface area (Å²) >= 11 is 5.83. The molecule has 0 aromatic heterocycles. The fraction of sp³-hybridized carbons (Fsp3) is 0.500. The van der Waals surface area contributed by atoms with Crippen molar-refractivity contribution in [3.63, 3.8) is 0 Å². The van der Waals surface area contributed by atoms with Gasteiger partial charge in [0, 0.05) is 22.8 Å². The minimum Gasteiger partial charge on any atom is -0.381 e. The minimum atomic E-state index is 0.287. The minimum absolute atomic E-state index is 0.287. The largest absolute Gasteiger partial charge is 0.381 e. The highest BCUT2D eigenvalue weighted by Crippen LogP contribution is 2.21. The molecule has 3 heteroatoms. The van der Waals surface area contributed by atoms with Crippen LogP contribution in [0.25, 0.3) is 0 Å². The summed E-state index contributed by atoms with van der Waals surface area (Å²) in [6, 6.07) is 8.51. The Kier molecular flexibility index (Phi) is 3.49. The van der Waals surface area contributed by atoms with Gasteiger partial charge in [-0.3, -0.25) is 0 Å². The van der Waals surface area contributed by atoms with E-state index in [2.05, 4.69) is 5.32 Å². The van der Waals surface area contributed by atoms with Crippen molar-refractivity contribution in [3.05, 3.63) is 29.3 Å². The lowest BCUT2D eigenvalue weighted by molar-refractivity contribution is 0.404. The molecule has 0 saturated heterocycles. The lowest BCUT2D eigenvalue weighted by atomic mass is 9.91. The molecule has 1 saturated carbocycles. The van der Waals surface area contributed by atoms with Gasteiger partial charge in [-0.25, -0.2) is 0 Å². The van der Waals surface area contributed by atoms with Gasteiger partial charge in [0.1, 0.15) is 0 Å². The van der Waals surface area contributed by atoms with Crippen molar-refractivity contribution < 1.29 is 0 Å². The topological polar surface area (TPSA) is 38.0 Å². The van der Waals surface area contributed by atoms with E-state index in [4.69, 9.17) is 17.3 Å². The van der Waals surface area contributed by atoms with Gasteiger partial charge in [-0.05, 0) is 37.1 Å². The number of rotatable bonds is 2. The summed E-state index contributed by atoms with van der Waals surface area (Å²) in [6.45, 7) is 0. The number of hydrogen-bond acceptors (Lipinski definition) is 2. The van der Waals surface area contributed by atoms with Gasteiger partial charge in [-0.15, -0.1) is 0 Å².